The first-order chi connectivity index (χ1) is 16.1. The van der Waals surface area contributed by atoms with Gasteiger partial charge in [-0.1, -0.05) is 29.8 Å². The van der Waals surface area contributed by atoms with Crippen LogP contribution in [0.1, 0.15) is 22.3 Å². The van der Waals surface area contributed by atoms with Crippen molar-refractivity contribution in [2.45, 2.75) is 18.5 Å². The van der Waals surface area contributed by atoms with Gasteiger partial charge < -0.3 is 25.5 Å². The molecule has 3 heterocycles. The number of aliphatic hydroxyl groups is 1. The molecule has 5 rings (SSSR count). The Morgan fingerprint density at radius 2 is 2.00 bits per heavy atom. The molecule has 0 amide bonds. The first-order valence-electron chi connectivity index (χ1n) is 10.6. The summed E-state index contributed by atoms with van der Waals surface area (Å²) in [7, 11) is 0. The summed E-state index contributed by atoms with van der Waals surface area (Å²) in [5.41, 5.74) is 1.34. The van der Waals surface area contributed by atoms with Crippen LogP contribution in [0.15, 0.2) is 61.1 Å². The Morgan fingerprint density at radius 3 is 2.76 bits per heavy atom. The number of halogens is 1. The first-order valence-corrected chi connectivity index (χ1v) is 11.0. The number of aromatic nitrogens is 3. The minimum absolute atomic E-state index is 0.0441. The highest BCUT2D eigenvalue weighted by Crippen LogP contribution is 2.31. The van der Waals surface area contributed by atoms with E-state index in [4.69, 9.17) is 16.3 Å². The van der Waals surface area contributed by atoms with E-state index in [1.807, 2.05) is 30.3 Å². The molecule has 8 nitrogen and oxygen atoms in total. The third-order valence-electron chi connectivity index (χ3n) is 5.66. The molecule has 0 bridgehead atoms. The van der Waals surface area contributed by atoms with Crippen LogP contribution in [0.4, 0.5) is 5.82 Å². The minimum Gasteiger partial charge on any atom is -0.457 e. The summed E-state index contributed by atoms with van der Waals surface area (Å²) >= 11 is 6.48. The molecule has 1 saturated heterocycles. The minimum atomic E-state index is -0.242. The summed E-state index contributed by atoms with van der Waals surface area (Å²) in [6.45, 7) is 0.771. The van der Waals surface area contributed by atoms with Gasteiger partial charge >= 0.3 is 0 Å². The molecule has 168 valence electrons. The first kappa shape index (κ1) is 21.4. The zero-order valence-corrected chi connectivity index (χ0v) is 18.3. The highest BCUT2D eigenvalue weighted by molar-refractivity contribution is 6.35. The van der Waals surface area contributed by atoms with Crippen molar-refractivity contribution in [3.05, 3.63) is 77.2 Å². The predicted molar refractivity (Wildman–Crippen MR) is 126 cm³/mol. The molecular formula is C24H22ClN5O3. The number of anilines is 1. The van der Waals surface area contributed by atoms with Gasteiger partial charge in [0.25, 0.3) is 0 Å². The average molecular weight is 464 g/mol. The molecule has 2 aromatic heterocycles. The van der Waals surface area contributed by atoms with E-state index in [0.717, 1.165) is 6.42 Å². The van der Waals surface area contributed by atoms with Crippen LogP contribution in [-0.4, -0.2) is 51.1 Å². The Hall–Kier alpha value is -3.46. The lowest BCUT2D eigenvalue weighted by molar-refractivity contribution is 0.104. The third kappa shape index (κ3) is 4.41. The second-order valence-corrected chi connectivity index (χ2v) is 8.31. The number of hydrogen-bond acceptors (Lipinski definition) is 7. The second-order valence-electron chi connectivity index (χ2n) is 7.90. The molecule has 1 fully saturated rings. The molecule has 9 heteroatoms. The lowest BCUT2D eigenvalue weighted by Gasteiger charge is -2.14. The summed E-state index contributed by atoms with van der Waals surface area (Å²) < 4.78 is 5.81. The number of aromatic amines is 1. The van der Waals surface area contributed by atoms with Crippen molar-refractivity contribution in [1.29, 1.82) is 0 Å². The molecule has 2 unspecified atom stereocenters. The number of H-pyrrole nitrogens is 1. The van der Waals surface area contributed by atoms with E-state index >= 15 is 0 Å². The fraction of sp³-hybridized carbons (Fsp3) is 0.208. The van der Waals surface area contributed by atoms with Gasteiger partial charge in [-0.3, -0.25) is 4.79 Å². The number of ketones is 1. The van der Waals surface area contributed by atoms with E-state index in [1.165, 1.54) is 6.33 Å². The molecule has 4 aromatic rings. The molecule has 0 spiro atoms. The molecule has 2 aromatic carbocycles. The van der Waals surface area contributed by atoms with Crippen molar-refractivity contribution in [1.82, 2.24) is 20.3 Å². The Balaban J connectivity index is 1.43. The molecule has 1 aliphatic heterocycles. The van der Waals surface area contributed by atoms with E-state index in [9.17, 15) is 9.90 Å². The number of carbonyl (C=O) groups is 1. The summed E-state index contributed by atoms with van der Waals surface area (Å²) in [5, 5.41) is 16.9. The topological polar surface area (TPSA) is 112 Å². The van der Waals surface area contributed by atoms with Gasteiger partial charge in [0, 0.05) is 36.5 Å². The fourth-order valence-electron chi connectivity index (χ4n) is 4.03. The van der Waals surface area contributed by atoms with Gasteiger partial charge in [-0.15, -0.1) is 0 Å². The van der Waals surface area contributed by atoms with Crippen LogP contribution >= 0.6 is 11.6 Å². The van der Waals surface area contributed by atoms with Gasteiger partial charge in [0.15, 0.2) is 5.78 Å². The van der Waals surface area contributed by atoms with E-state index in [2.05, 4.69) is 25.6 Å². The zero-order valence-electron chi connectivity index (χ0n) is 17.6. The van der Waals surface area contributed by atoms with Gasteiger partial charge in [-0.2, -0.15) is 0 Å². The maximum Gasteiger partial charge on any atom is 0.196 e. The number of nitrogens with one attached hydrogen (secondary N) is 3. The van der Waals surface area contributed by atoms with E-state index < -0.39 is 0 Å². The van der Waals surface area contributed by atoms with Gasteiger partial charge in [-0.25, -0.2) is 9.97 Å². The number of benzene rings is 2. The highest BCUT2D eigenvalue weighted by Gasteiger charge is 2.26. The number of hydrogen-bond donors (Lipinski definition) is 4. The molecule has 0 radical (unpaired) electrons. The molecule has 33 heavy (non-hydrogen) atoms. The average Bonchev–Trinajstić information content (AvgIpc) is 3.47. The van der Waals surface area contributed by atoms with Crippen LogP contribution in [0.25, 0.3) is 11.0 Å². The lowest BCUT2D eigenvalue weighted by Crippen LogP contribution is -2.25. The Labute approximate surface area is 195 Å². The van der Waals surface area contributed by atoms with Crippen LogP contribution in [0, 0.1) is 0 Å². The number of nitrogens with zero attached hydrogens (tertiary/aromatic N) is 2. The number of aliphatic hydroxyl groups excluding tert-OH is 1. The third-order valence-corrected chi connectivity index (χ3v) is 5.97. The normalized spacial score (nSPS) is 17.9. The van der Waals surface area contributed by atoms with Gasteiger partial charge in [0.2, 0.25) is 0 Å². The SMILES string of the molecule is O=C(c1ccc(Oc2ccccc2)cc1Cl)c1c[nH]c2ncnc(NC3CNC(CO)C3)c12. The predicted octanol–water partition coefficient (Wildman–Crippen LogP) is 3.77. The van der Waals surface area contributed by atoms with Crippen LogP contribution in [-0.2, 0) is 0 Å². The number of carbonyl (C=O) groups excluding carboxylic acids is 1. The van der Waals surface area contributed by atoms with E-state index in [-0.39, 0.29) is 24.5 Å². The molecule has 2 atom stereocenters. The maximum atomic E-state index is 13.4. The highest BCUT2D eigenvalue weighted by atomic mass is 35.5. The summed E-state index contributed by atoms with van der Waals surface area (Å²) in [6, 6.07) is 14.5. The quantitative estimate of drug-likeness (QED) is 0.309. The summed E-state index contributed by atoms with van der Waals surface area (Å²) in [5.74, 6) is 1.55. The molecule has 0 aliphatic carbocycles. The van der Waals surface area contributed by atoms with E-state index in [1.54, 1.807) is 24.4 Å². The van der Waals surface area contributed by atoms with Crippen LogP contribution < -0.4 is 15.4 Å². The summed E-state index contributed by atoms with van der Waals surface area (Å²) in [6.07, 6.45) is 3.83. The Morgan fingerprint density at radius 1 is 1.15 bits per heavy atom. The molecule has 4 N–H and O–H groups in total. The van der Waals surface area contributed by atoms with Crippen molar-refractivity contribution in [3.8, 4) is 11.5 Å². The summed E-state index contributed by atoms with van der Waals surface area (Å²) in [4.78, 5) is 25.1. The number of para-hydroxylation sites is 1. The molecule has 1 aliphatic rings. The van der Waals surface area contributed by atoms with E-state index in [0.29, 0.717) is 51.0 Å². The fourth-order valence-corrected chi connectivity index (χ4v) is 4.28. The largest absolute Gasteiger partial charge is 0.457 e. The zero-order chi connectivity index (χ0) is 22.8. The molecule has 0 saturated carbocycles. The standard InChI is InChI=1S/C24H22ClN5O3/c25-20-9-17(33-16-4-2-1-3-5-16)6-7-18(20)22(32)19-11-27-23-21(19)24(29-13-28-23)30-14-8-15(12-31)26-10-14/h1-7,9,11,13-15,26,31H,8,10,12H2,(H2,27,28,29,30). The van der Waals surface area contributed by atoms with Crippen LogP contribution in [0.5, 0.6) is 11.5 Å². The maximum absolute atomic E-state index is 13.4. The Bertz CT molecular complexity index is 1290. The van der Waals surface area contributed by atoms with Crippen molar-refractivity contribution in [2.24, 2.45) is 0 Å². The van der Waals surface area contributed by atoms with Crippen LogP contribution in [0.3, 0.4) is 0 Å². The monoisotopic (exact) mass is 463 g/mol. The number of fused-ring (bicyclic) bond motifs is 1. The van der Waals surface area contributed by atoms with Gasteiger partial charge in [0.05, 0.1) is 22.6 Å². The van der Waals surface area contributed by atoms with Gasteiger partial charge in [-0.05, 0) is 30.7 Å². The van der Waals surface area contributed by atoms with Crippen molar-refractivity contribution < 1.29 is 14.6 Å². The van der Waals surface area contributed by atoms with Crippen molar-refractivity contribution in [3.63, 3.8) is 0 Å². The smallest absolute Gasteiger partial charge is 0.196 e. The molecular weight excluding hydrogens is 442 g/mol. The second kappa shape index (κ2) is 9.19. The number of rotatable bonds is 7. The van der Waals surface area contributed by atoms with Gasteiger partial charge in [0.1, 0.15) is 29.3 Å². The number of ether oxygens (including phenoxy) is 1. The van der Waals surface area contributed by atoms with Crippen LogP contribution in [0.2, 0.25) is 5.02 Å². The van der Waals surface area contributed by atoms with Crippen molar-refractivity contribution >= 4 is 34.2 Å². The lowest BCUT2D eigenvalue weighted by atomic mass is 10.0. The van der Waals surface area contributed by atoms with Crippen molar-refractivity contribution in [2.75, 3.05) is 18.5 Å². The Kier molecular flexibility index (Phi) is 5.95.